The molecule has 0 aromatic carbocycles. The number of likely N-dealkylation sites (N-methyl/N-ethyl adjacent to an activating group) is 1. The van der Waals surface area contributed by atoms with Crippen LogP contribution in [0.25, 0.3) is 23.1 Å². The first-order chi connectivity index (χ1) is 10.0. The number of hydrogen-bond donors (Lipinski definition) is 0. The number of terminal acetylenes is 1. The number of fused-ring (bicyclic) bond motifs is 1. The molecule has 2 aromatic heterocycles. The quantitative estimate of drug-likeness (QED) is 0.798. The van der Waals surface area contributed by atoms with Crippen LogP contribution in [0.4, 0.5) is 0 Å². The van der Waals surface area contributed by atoms with Crippen molar-refractivity contribution in [1.29, 1.82) is 0 Å². The van der Waals surface area contributed by atoms with Crippen molar-refractivity contribution < 1.29 is 0 Å². The van der Waals surface area contributed by atoms with Gasteiger partial charge in [0.2, 0.25) is 0 Å². The predicted molar refractivity (Wildman–Crippen MR) is 90.4 cm³/mol. The fraction of sp³-hybridized carbons (Fsp3) is 0.389. The maximum absolute atomic E-state index is 5.53. The molecule has 21 heavy (non-hydrogen) atoms. The van der Waals surface area contributed by atoms with Crippen LogP contribution in [-0.4, -0.2) is 35.1 Å². The van der Waals surface area contributed by atoms with E-state index in [1.165, 1.54) is 16.3 Å². The molecule has 2 aromatic rings. The first kappa shape index (κ1) is 15.3. The lowest BCUT2D eigenvalue weighted by Crippen LogP contribution is -2.34. The minimum Gasteiger partial charge on any atom is -0.335 e. The Labute approximate surface area is 126 Å². The fourth-order valence-electron chi connectivity index (χ4n) is 3.07. The highest BCUT2D eigenvalue weighted by Gasteiger charge is 2.15. The van der Waals surface area contributed by atoms with Crippen LogP contribution in [0.1, 0.15) is 25.6 Å². The second kappa shape index (κ2) is 6.15. The molecule has 0 bridgehead atoms. The highest BCUT2D eigenvalue weighted by molar-refractivity contribution is 5.84. The lowest BCUT2D eigenvalue weighted by Gasteiger charge is -2.20. The number of hydrogen-bond acceptors (Lipinski definition) is 2. The molecule has 1 atom stereocenters. The monoisotopic (exact) mass is 281 g/mol. The highest BCUT2D eigenvalue weighted by Crippen LogP contribution is 2.17. The maximum atomic E-state index is 5.53. The maximum Gasteiger partial charge on any atom is 0.0710 e. The zero-order valence-corrected chi connectivity index (χ0v) is 13.5. The van der Waals surface area contributed by atoms with Gasteiger partial charge in [-0.2, -0.15) is 0 Å². The second-order valence-electron chi connectivity index (χ2n) is 5.67. The summed E-state index contributed by atoms with van der Waals surface area (Å²) < 4.78 is 2.36. The van der Waals surface area contributed by atoms with E-state index in [-0.39, 0.29) is 0 Å². The standard InChI is InChI=1S/C18H23N3/c1-7-9-15-16-10-11-19-14(4)18(16)21(17(15)8-2)13(3)12-20(5)6/h1,8-11,13H,12H2,2-6H3/b15-9-,17-8+. The van der Waals surface area contributed by atoms with E-state index >= 15 is 0 Å². The Morgan fingerprint density at radius 3 is 2.76 bits per heavy atom. The second-order valence-corrected chi connectivity index (χ2v) is 5.67. The van der Waals surface area contributed by atoms with Gasteiger partial charge in [0.05, 0.1) is 11.2 Å². The molecule has 0 N–H and O–H groups in total. The van der Waals surface area contributed by atoms with Crippen LogP contribution in [0.5, 0.6) is 0 Å². The van der Waals surface area contributed by atoms with Gasteiger partial charge in [0.25, 0.3) is 0 Å². The Balaban J connectivity index is 2.94. The lowest BCUT2D eigenvalue weighted by molar-refractivity contribution is 0.338. The molecule has 3 heteroatoms. The van der Waals surface area contributed by atoms with Gasteiger partial charge < -0.3 is 9.47 Å². The summed E-state index contributed by atoms with van der Waals surface area (Å²) in [7, 11) is 4.19. The first-order valence-electron chi connectivity index (χ1n) is 7.24. The molecule has 0 saturated carbocycles. The normalized spacial score (nSPS) is 14.9. The van der Waals surface area contributed by atoms with E-state index in [4.69, 9.17) is 6.42 Å². The zero-order valence-electron chi connectivity index (χ0n) is 13.5. The topological polar surface area (TPSA) is 21.1 Å². The number of aromatic nitrogens is 2. The summed E-state index contributed by atoms with van der Waals surface area (Å²) in [6, 6.07) is 2.40. The third-order valence-corrected chi connectivity index (χ3v) is 3.75. The average molecular weight is 281 g/mol. The van der Waals surface area contributed by atoms with Crippen molar-refractivity contribution in [2.75, 3.05) is 20.6 Å². The molecule has 0 fully saturated rings. The molecule has 0 aliphatic heterocycles. The number of rotatable bonds is 3. The molecule has 0 aliphatic carbocycles. The average Bonchev–Trinajstić information content (AvgIpc) is 2.74. The molecular formula is C18H23N3. The molecule has 2 heterocycles. The van der Waals surface area contributed by atoms with E-state index in [1.54, 1.807) is 0 Å². The first-order valence-corrected chi connectivity index (χ1v) is 7.24. The summed E-state index contributed by atoms with van der Waals surface area (Å²) in [5, 5.41) is 3.47. The van der Waals surface area contributed by atoms with Crippen LogP contribution in [0.15, 0.2) is 12.3 Å². The molecule has 2 rings (SSSR count). The van der Waals surface area contributed by atoms with Gasteiger partial charge in [-0.25, -0.2) is 0 Å². The Morgan fingerprint density at radius 1 is 1.48 bits per heavy atom. The summed E-state index contributed by atoms with van der Waals surface area (Å²) in [5.74, 6) is 2.67. The Bertz CT molecular complexity index is 804. The Kier molecular flexibility index (Phi) is 4.50. The van der Waals surface area contributed by atoms with Crippen molar-refractivity contribution in [3.05, 3.63) is 28.5 Å². The minimum atomic E-state index is 0.344. The van der Waals surface area contributed by atoms with Gasteiger partial charge in [0, 0.05) is 34.7 Å². The number of pyridine rings is 1. The third-order valence-electron chi connectivity index (χ3n) is 3.75. The number of nitrogens with zero attached hydrogens (tertiary/aromatic N) is 3. The van der Waals surface area contributed by atoms with Crippen LogP contribution in [0.2, 0.25) is 0 Å². The Hall–Kier alpha value is -2.05. The van der Waals surface area contributed by atoms with E-state index in [0.717, 1.165) is 17.5 Å². The van der Waals surface area contributed by atoms with Gasteiger partial charge in [-0.05, 0) is 47.0 Å². The van der Waals surface area contributed by atoms with Crippen molar-refractivity contribution in [3.8, 4) is 12.3 Å². The highest BCUT2D eigenvalue weighted by atomic mass is 15.1. The van der Waals surface area contributed by atoms with Crippen molar-refractivity contribution in [2.24, 2.45) is 0 Å². The predicted octanol–water partition coefficient (Wildman–Crippen LogP) is 1.68. The summed E-state index contributed by atoms with van der Waals surface area (Å²) in [6.45, 7) is 7.32. The SMILES string of the molecule is C#C/C=c1\c(=C/C)n(C(C)CN(C)C)c2c(C)nccc12. The number of aryl methyl sites for hydroxylation is 1. The van der Waals surface area contributed by atoms with E-state index in [1.807, 2.05) is 12.3 Å². The molecule has 0 radical (unpaired) electrons. The molecule has 3 nitrogen and oxygen atoms in total. The van der Waals surface area contributed by atoms with Gasteiger partial charge in [-0.3, -0.25) is 4.98 Å². The zero-order chi connectivity index (χ0) is 15.6. The van der Waals surface area contributed by atoms with Gasteiger partial charge in [0.1, 0.15) is 0 Å². The lowest BCUT2D eigenvalue weighted by atomic mass is 10.2. The third kappa shape index (κ3) is 2.72. The van der Waals surface area contributed by atoms with Gasteiger partial charge in [-0.1, -0.05) is 12.0 Å². The fourth-order valence-corrected chi connectivity index (χ4v) is 3.07. The van der Waals surface area contributed by atoms with E-state index < -0.39 is 0 Å². The van der Waals surface area contributed by atoms with Gasteiger partial charge in [-0.15, -0.1) is 6.42 Å². The van der Waals surface area contributed by atoms with Crippen LogP contribution in [0.3, 0.4) is 0 Å². The van der Waals surface area contributed by atoms with E-state index in [9.17, 15) is 0 Å². The van der Waals surface area contributed by atoms with Crippen LogP contribution >= 0.6 is 0 Å². The molecule has 0 saturated heterocycles. The van der Waals surface area contributed by atoms with Gasteiger partial charge >= 0.3 is 0 Å². The molecule has 0 aliphatic rings. The molecule has 110 valence electrons. The van der Waals surface area contributed by atoms with Crippen molar-refractivity contribution >= 4 is 23.1 Å². The van der Waals surface area contributed by atoms with Crippen molar-refractivity contribution in [1.82, 2.24) is 14.5 Å². The van der Waals surface area contributed by atoms with Crippen molar-refractivity contribution in [3.63, 3.8) is 0 Å². The molecule has 1 unspecified atom stereocenters. The van der Waals surface area contributed by atoms with E-state index in [0.29, 0.717) is 6.04 Å². The van der Waals surface area contributed by atoms with Crippen LogP contribution in [0, 0.1) is 19.3 Å². The molecule has 0 amide bonds. The van der Waals surface area contributed by atoms with Crippen LogP contribution < -0.4 is 10.6 Å². The summed E-state index contributed by atoms with van der Waals surface area (Å²) in [5.41, 5.74) is 2.22. The molecular weight excluding hydrogens is 258 g/mol. The minimum absolute atomic E-state index is 0.344. The largest absolute Gasteiger partial charge is 0.335 e. The summed E-state index contributed by atoms with van der Waals surface area (Å²) in [6.07, 6.45) is 11.4. The smallest absolute Gasteiger partial charge is 0.0710 e. The summed E-state index contributed by atoms with van der Waals surface area (Å²) in [4.78, 5) is 6.67. The van der Waals surface area contributed by atoms with Crippen LogP contribution in [-0.2, 0) is 0 Å². The van der Waals surface area contributed by atoms with E-state index in [2.05, 4.69) is 67.4 Å². The Morgan fingerprint density at radius 2 is 2.19 bits per heavy atom. The molecule has 0 spiro atoms. The summed E-state index contributed by atoms with van der Waals surface area (Å²) >= 11 is 0. The van der Waals surface area contributed by atoms with Gasteiger partial charge in [0.15, 0.2) is 0 Å². The van der Waals surface area contributed by atoms with Crippen molar-refractivity contribution in [2.45, 2.75) is 26.8 Å².